The van der Waals surface area contributed by atoms with Crippen LogP contribution in [0.15, 0.2) is 111 Å². The highest BCUT2D eigenvalue weighted by Crippen LogP contribution is 2.35. The van der Waals surface area contributed by atoms with Gasteiger partial charge in [-0.1, -0.05) is 18.2 Å². The summed E-state index contributed by atoms with van der Waals surface area (Å²) in [6, 6.07) is 12.4. The van der Waals surface area contributed by atoms with Crippen molar-refractivity contribution in [2.75, 3.05) is 7.11 Å². The predicted molar refractivity (Wildman–Crippen MR) is 131 cm³/mol. The average molecular weight is 415 g/mol. The number of ether oxygens (including phenoxy) is 1. The van der Waals surface area contributed by atoms with Crippen molar-refractivity contribution in [1.82, 2.24) is 4.98 Å². The summed E-state index contributed by atoms with van der Waals surface area (Å²) >= 11 is 0. The van der Waals surface area contributed by atoms with Crippen LogP contribution in [0.4, 0.5) is 0 Å². The van der Waals surface area contributed by atoms with Crippen LogP contribution in [-0.2, 0) is 0 Å². The van der Waals surface area contributed by atoms with Crippen molar-refractivity contribution in [1.29, 1.82) is 0 Å². The smallest absolute Gasteiger partial charge is 0.118 e. The molecule has 0 radical (unpaired) electrons. The van der Waals surface area contributed by atoms with Gasteiger partial charge in [-0.2, -0.15) is 0 Å². The number of benzene rings is 1. The lowest BCUT2D eigenvalue weighted by Gasteiger charge is -2.06. The van der Waals surface area contributed by atoms with Gasteiger partial charge in [0.25, 0.3) is 0 Å². The van der Waals surface area contributed by atoms with E-state index in [4.69, 9.17) is 14.7 Å². The minimum Gasteiger partial charge on any atom is -0.497 e. The van der Waals surface area contributed by atoms with Crippen LogP contribution in [0.5, 0.6) is 5.75 Å². The molecule has 0 unspecified atom stereocenters. The molecule has 1 aliphatic carbocycles. The third kappa shape index (κ3) is 3.56. The lowest BCUT2D eigenvalue weighted by molar-refractivity contribution is 0.415. The van der Waals surface area contributed by atoms with Crippen LogP contribution in [0.3, 0.4) is 0 Å². The third-order valence-corrected chi connectivity index (χ3v) is 5.83. The Bertz CT molecular complexity index is 1500. The first-order chi connectivity index (χ1) is 15.7. The number of methoxy groups -OCH3 is 1. The Kier molecular flexibility index (Phi) is 4.36. The number of aromatic nitrogens is 1. The van der Waals surface area contributed by atoms with E-state index < -0.39 is 0 Å². The first kappa shape index (κ1) is 18.6. The van der Waals surface area contributed by atoms with Crippen LogP contribution in [0.1, 0.15) is 12.0 Å². The molecule has 0 amide bonds. The Hall–Kier alpha value is -4.18. The van der Waals surface area contributed by atoms with E-state index in [1.807, 2.05) is 36.4 Å². The fourth-order valence-corrected chi connectivity index (χ4v) is 4.30. The van der Waals surface area contributed by atoms with Crippen molar-refractivity contribution >= 4 is 29.1 Å². The number of nitrogens with zero attached hydrogens (tertiary/aromatic N) is 2. The molecule has 4 nitrogen and oxygen atoms in total. The van der Waals surface area contributed by atoms with E-state index >= 15 is 0 Å². The van der Waals surface area contributed by atoms with Gasteiger partial charge in [0.2, 0.25) is 0 Å². The van der Waals surface area contributed by atoms with Crippen molar-refractivity contribution in [3.63, 3.8) is 0 Å². The first-order valence-corrected chi connectivity index (χ1v) is 10.7. The van der Waals surface area contributed by atoms with Gasteiger partial charge in [0.15, 0.2) is 0 Å². The van der Waals surface area contributed by atoms with Crippen molar-refractivity contribution in [2.24, 2.45) is 9.98 Å². The zero-order valence-corrected chi connectivity index (χ0v) is 17.7. The maximum Gasteiger partial charge on any atom is 0.118 e. The van der Waals surface area contributed by atoms with E-state index in [-0.39, 0.29) is 0 Å². The molecule has 1 aromatic heterocycles. The van der Waals surface area contributed by atoms with Crippen molar-refractivity contribution in [3.8, 4) is 5.75 Å². The van der Waals surface area contributed by atoms with Crippen LogP contribution < -0.4 is 15.4 Å². The molecule has 0 atom stereocenters. The molecule has 0 fully saturated rings. The molecule has 1 aromatic carbocycles. The quantitative estimate of drug-likeness (QED) is 0.786. The van der Waals surface area contributed by atoms with Gasteiger partial charge < -0.3 is 9.72 Å². The molecule has 0 spiro atoms. The molecule has 0 saturated carbocycles. The summed E-state index contributed by atoms with van der Waals surface area (Å²) in [6.07, 6.45) is 19.8. The molecular formula is C28H21N3O. The number of H-pyrrole nitrogens is 1. The number of aliphatic imine (C=N–C) groups is 2. The molecule has 154 valence electrons. The highest BCUT2D eigenvalue weighted by atomic mass is 16.5. The van der Waals surface area contributed by atoms with E-state index in [1.54, 1.807) is 7.11 Å². The summed E-state index contributed by atoms with van der Waals surface area (Å²) in [5.41, 5.74) is 8.62. The zero-order chi connectivity index (χ0) is 21.5. The molecular weight excluding hydrogens is 394 g/mol. The number of allylic oxidation sites excluding steroid dienone is 10. The highest BCUT2D eigenvalue weighted by Gasteiger charge is 2.17. The van der Waals surface area contributed by atoms with Crippen LogP contribution >= 0.6 is 0 Å². The SMILES string of the molecule is COc1ccc(C2=C3C=C4C=CC(=N4)C=C4C=CC(=N4)C=c4ccc([nH]4)=CC(=C2)C3)cc1. The summed E-state index contributed by atoms with van der Waals surface area (Å²) in [7, 11) is 1.69. The van der Waals surface area contributed by atoms with E-state index in [0.29, 0.717) is 0 Å². The summed E-state index contributed by atoms with van der Waals surface area (Å²) in [5.74, 6) is 0.858. The van der Waals surface area contributed by atoms with Crippen molar-refractivity contribution < 1.29 is 4.74 Å². The summed E-state index contributed by atoms with van der Waals surface area (Å²) in [6.45, 7) is 0. The second-order valence-electron chi connectivity index (χ2n) is 8.10. The number of fused-ring (bicyclic) bond motifs is 6. The number of aromatic amines is 1. The van der Waals surface area contributed by atoms with E-state index in [1.165, 1.54) is 22.3 Å². The average Bonchev–Trinajstić information content (AvgIpc) is 3.59. The molecule has 4 heteroatoms. The van der Waals surface area contributed by atoms with E-state index in [2.05, 4.69) is 59.6 Å². The van der Waals surface area contributed by atoms with Gasteiger partial charge in [-0.25, -0.2) is 9.98 Å². The van der Waals surface area contributed by atoms with Crippen LogP contribution in [-0.4, -0.2) is 23.5 Å². The zero-order valence-electron chi connectivity index (χ0n) is 17.7. The Morgan fingerprint density at radius 1 is 0.719 bits per heavy atom. The molecule has 0 saturated heterocycles. The second kappa shape index (κ2) is 7.50. The lowest BCUT2D eigenvalue weighted by Crippen LogP contribution is -2.10. The van der Waals surface area contributed by atoms with Crippen LogP contribution in [0.2, 0.25) is 0 Å². The summed E-state index contributed by atoms with van der Waals surface area (Å²) in [5, 5.41) is 2.12. The van der Waals surface area contributed by atoms with Gasteiger partial charge in [-0.05, 0) is 102 Å². The van der Waals surface area contributed by atoms with Gasteiger partial charge in [0.05, 0.1) is 29.9 Å². The van der Waals surface area contributed by atoms with Gasteiger partial charge in [-0.3, -0.25) is 0 Å². The molecule has 2 aromatic rings. The number of hydrogen-bond donors (Lipinski definition) is 1. The van der Waals surface area contributed by atoms with Gasteiger partial charge in [0.1, 0.15) is 5.75 Å². The Labute approximate surface area is 186 Å². The largest absolute Gasteiger partial charge is 0.497 e. The van der Waals surface area contributed by atoms with Gasteiger partial charge in [-0.15, -0.1) is 0 Å². The van der Waals surface area contributed by atoms with E-state index in [9.17, 15) is 0 Å². The fourth-order valence-electron chi connectivity index (χ4n) is 4.30. The summed E-state index contributed by atoms with van der Waals surface area (Å²) in [4.78, 5) is 13.0. The topological polar surface area (TPSA) is 49.7 Å². The highest BCUT2D eigenvalue weighted by molar-refractivity contribution is 6.19. The monoisotopic (exact) mass is 415 g/mol. The third-order valence-electron chi connectivity index (χ3n) is 5.83. The Morgan fingerprint density at radius 2 is 1.41 bits per heavy atom. The summed E-state index contributed by atoms with van der Waals surface area (Å²) < 4.78 is 5.34. The maximum absolute atomic E-state index is 5.34. The normalized spacial score (nSPS) is 18.5. The van der Waals surface area contributed by atoms with Gasteiger partial charge in [0, 0.05) is 10.7 Å². The fraction of sp³-hybridized carbons (Fsp3) is 0.0714. The van der Waals surface area contributed by atoms with Crippen molar-refractivity contribution in [2.45, 2.75) is 6.42 Å². The Morgan fingerprint density at radius 3 is 2.16 bits per heavy atom. The van der Waals surface area contributed by atoms with Gasteiger partial charge >= 0.3 is 0 Å². The molecule has 1 N–H and O–H groups in total. The number of hydrogen-bond acceptors (Lipinski definition) is 3. The minimum absolute atomic E-state index is 0.858. The second-order valence-corrected chi connectivity index (χ2v) is 8.10. The number of nitrogens with one attached hydrogen (secondary N) is 1. The molecule has 6 rings (SSSR count). The predicted octanol–water partition coefficient (Wildman–Crippen LogP) is 4.17. The number of rotatable bonds is 2. The molecule has 4 heterocycles. The first-order valence-electron chi connectivity index (χ1n) is 10.7. The van der Waals surface area contributed by atoms with Crippen LogP contribution in [0.25, 0.3) is 17.7 Å². The van der Waals surface area contributed by atoms with Crippen LogP contribution in [0, 0.1) is 0 Å². The molecule has 32 heavy (non-hydrogen) atoms. The maximum atomic E-state index is 5.34. The molecule has 4 aliphatic rings. The minimum atomic E-state index is 0.858. The van der Waals surface area contributed by atoms with E-state index in [0.717, 1.165) is 45.7 Å². The lowest BCUT2D eigenvalue weighted by atomic mass is 10.0. The standard InChI is InChI=1S/C28H21N3O/c1-32-27-10-2-19(3-11-27)28-14-18-12-20(28)15-22-5-7-24(30-22)17-26-9-8-25(31-26)16-23-6-4-21(13-18)29-23/h2-11,13-17,29H,12H2,1H3. The van der Waals surface area contributed by atoms with Crippen molar-refractivity contribution in [3.05, 3.63) is 118 Å². The molecule has 8 bridgehead atoms. The Balaban J connectivity index is 1.51. The molecule has 3 aliphatic heterocycles.